The second-order valence-corrected chi connectivity index (χ2v) is 10.3. The maximum absolute atomic E-state index is 13.5. The van der Waals surface area contributed by atoms with Crippen molar-refractivity contribution in [3.8, 4) is 5.75 Å². The van der Waals surface area contributed by atoms with Gasteiger partial charge in [0.15, 0.2) is 5.79 Å². The Kier molecular flexibility index (Phi) is 7.54. The fourth-order valence-corrected chi connectivity index (χ4v) is 5.02. The van der Waals surface area contributed by atoms with Crippen LogP contribution in [0.3, 0.4) is 0 Å². The van der Waals surface area contributed by atoms with Crippen LogP contribution in [0.4, 0.5) is 23.8 Å². The number of hydrogen-bond acceptors (Lipinski definition) is 9. The normalized spacial score (nSPS) is 25.8. The Bertz CT molecular complexity index is 1210. The van der Waals surface area contributed by atoms with Gasteiger partial charge in [-0.3, -0.25) is 15.0 Å². The minimum atomic E-state index is -4.81. The molecule has 0 aromatic carbocycles. The van der Waals surface area contributed by atoms with E-state index in [4.69, 9.17) is 19.3 Å². The Morgan fingerprint density at radius 2 is 2.17 bits per heavy atom. The minimum absolute atomic E-state index is 0.227. The van der Waals surface area contributed by atoms with Gasteiger partial charge in [0.1, 0.15) is 42.2 Å². The molecule has 2 bridgehead atoms. The summed E-state index contributed by atoms with van der Waals surface area (Å²) in [5.41, 5.74) is 0.647. The Hall–Kier alpha value is -3.56. The van der Waals surface area contributed by atoms with Gasteiger partial charge >= 0.3 is 12.2 Å². The van der Waals surface area contributed by atoms with Crippen molar-refractivity contribution in [2.45, 2.75) is 56.5 Å². The molecule has 4 aliphatic heterocycles. The van der Waals surface area contributed by atoms with E-state index in [1.165, 1.54) is 17.2 Å². The predicted molar refractivity (Wildman–Crippen MR) is 134 cm³/mol. The van der Waals surface area contributed by atoms with Gasteiger partial charge in [0.2, 0.25) is 5.91 Å². The Morgan fingerprint density at radius 1 is 1.38 bits per heavy atom. The van der Waals surface area contributed by atoms with Crippen LogP contribution in [0.1, 0.15) is 20.3 Å². The van der Waals surface area contributed by atoms with Gasteiger partial charge < -0.3 is 34.9 Å². The zero-order valence-corrected chi connectivity index (χ0v) is 21.9. The van der Waals surface area contributed by atoms with Crippen molar-refractivity contribution in [2.75, 3.05) is 38.2 Å². The second kappa shape index (κ2) is 10.8. The fourth-order valence-electron chi connectivity index (χ4n) is 5.02. The number of halogens is 3. The number of amides is 3. The van der Waals surface area contributed by atoms with Crippen molar-refractivity contribution in [3.05, 3.63) is 42.0 Å². The first-order valence-electron chi connectivity index (χ1n) is 12.9. The van der Waals surface area contributed by atoms with Crippen LogP contribution in [-0.4, -0.2) is 101 Å². The number of carbonyl (C=O) groups is 2. The summed E-state index contributed by atoms with van der Waals surface area (Å²) < 4.78 is 56.3. The molecule has 4 aliphatic rings. The molecule has 40 heavy (non-hydrogen) atoms. The summed E-state index contributed by atoms with van der Waals surface area (Å²) in [6, 6.07) is -1.14. The van der Waals surface area contributed by atoms with Crippen molar-refractivity contribution >= 4 is 17.8 Å². The number of alkyl halides is 3. The first kappa shape index (κ1) is 28.0. The predicted octanol–water partition coefficient (Wildman–Crippen LogP) is 1.27. The van der Waals surface area contributed by atoms with Gasteiger partial charge in [-0.1, -0.05) is 6.08 Å². The SMILES string of the molecule is CC1(C)OC[C@H](COc2ccnc(NC(=O)N3C4=C(C=CC(C(=O)NC(CO)C(F)(F)F)N4)N4CC[C@H]3C4)c2)O1. The number of nitrogens with one attached hydrogen (secondary N) is 3. The number of anilines is 1. The zero-order valence-electron chi connectivity index (χ0n) is 21.9. The molecule has 2 fully saturated rings. The van der Waals surface area contributed by atoms with Gasteiger partial charge in [-0.15, -0.1) is 0 Å². The Morgan fingerprint density at radius 3 is 2.88 bits per heavy atom. The Labute approximate surface area is 228 Å². The van der Waals surface area contributed by atoms with Crippen molar-refractivity contribution in [1.29, 1.82) is 0 Å². The number of fused-ring (bicyclic) bond motifs is 3. The number of aromatic nitrogens is 1. The largest absolute Gasteiger partial charge is 0.491 e. The summed E-state index contributed by atoms with van der Waals surface area (Å²) in [5, 5.41) is 16.6. The van der Waals surface area contributed by atoms with E-state index in [2.05, 4.69) is 15.6 Å². The number of hydrogen-bond donors (Lipinski definition) is 4. The minimum Gasteiger partial charge on any atom is -0.491 e. The molecule has 1 aromatic rings. The number of ether oxygens (including phenoxy) is 3. The van der Waals surface area contributed by atoms with Crippen LogP contribution in [0, 0.1) is 0 Å². The number of allylic oxidation sites excluding steroid dienone is 1. The summed E-state index contributed by atoms with van der Waals surface area (Å²) in [6.07, 6.45) is 0.125. The monoisotopic (exact) mass is 568 g/mol. The maximum Gasteiger partial charge on any atom is 0.410 e. The first-order chi connectivity index (χ1) is 18.9. The highest BCUT2D eigenvalue weighted by Crippen LogP contribution is 2.34. The quantitative estimate of drug-likeness (QED) is 0.383. The van der Waals surface area contributed by atoms with Crippen molar-refractivity contribution in [2.24, 2.45) is 0 Å². The summed E-state index contributed by atoms with van der Waals surface area (Å²) in [4.78, 5) is 33.8. The van der Waals surface area contributed by atoms with E-state index in [9.17, 15) is 22.8 Å². The number of aliphatic hydroxyl groups excluding tert-OH is 1. The standard InChI is InChI=1S/C25H31F3N6O6/c1-24(2)39-13-16(40-24)12-38-15-5-7-29-20(9-15)32-23(37)34-14-6-8-33(10-14)18-4-3-17(30-21(18)34)22(36)31-19(11-35)25(26,27)28/h3-5,7,9,14,16-17,19,30,35H,6,8,10-13H2,1-2H3,(H,31,36)(H,29,32,37)/t14-,16-,17?,19?/m0/s1. The first-order valence-corrected chi connectivity index (χ1v) is 12.9. The van der Waals surface area contributed by atoms with Crippen LogP contribution < -0.4 is 20.7 Å². The van der Waals surface area contributed by atoms with Gasteiger partial charge in [-0.05, 0) is 32.4 Å². The molecule has 3 amide bonds. The average Bonchev–Trinajstić information content (AvgIpc) is 3.48. The van der Waals surface area contributed by atoms with Crippen molar-refractivity contribution < 1.29 is 42.1 Å². The topological polar surface area (TPSA) is 138 Å². The van der Waals surface area contributed by atoms with Crippen LogP contribution in [0.2, 0.25) is 0 Å². The molecule has 0 aliphatic carbocycles. The fraction of sp³-hybridized carbons (Fsp3) is 0.560. The van der Waals surface area contributed by atoms with Gasteiger partial charge in [-0.25, -0.2) is 9.78 Å². The molecule has 1 aromatic heterocycles. The van der Waals surface area contributed by atoms with E-state index in [-0.39, 0.29) is 24.6 Å². The van der Waals surface area contributed by atoms with Crippen molar-refractivity contribution in [1.82, 2.24) is 25.4 Å². The maximum atomic E-state index is 13.5. The second-order valence-electron chi connectivity index (χ2n) is 10.3. The number of carbonyl (C=O) groups excluding carboxylic acids is 2. The molecule has 12 nitrogen and oxygen atoms in total. The molecule has 2 saturated heterocycles. The summed E-state index contributed by atoms with van der Waals surface area (Å²) in [6.45, 7) is 4.21. The summed E-state index contributed by atoms with van der Waals surface area (Å²) in [7, 11) is 0. The lowest BCUT2D eigenvalue weighted by Gasteiger charge is -2.41. The molecule has 5 heterocycles. The number of nitrogens with zero attached hydrogens (tertiary/aromatic N) is 3. The van der Waals surface area contributed by atoms with Gasteiger partial charge in [0.05, 0.1) is 25.0 Å². The van der Waals surface area contributed by atoms with E-state index in [0.717, 1.165) is 0 Å². The third kappa shape index (κ3) is 5.95. The third-order valence-corrected chi connectivity index (χ3v) is 6.96. The van der Waals surface area contributed by atoms with E-state index in [1.54, 1.807) is 18.2 Å². The Balaban J connectivity index is 1.26. The number of rotatable bonds is 7. The molecular formula is C25H31F3N6O6. The van der Waals surface area contributed by atoms with Crippen molar-refractivity contribution in [3.63, 3.8) is 0 Å². The van der Waals surface area contributed by atoms with Gasteiger partial charge in [0, 0.05) is 25.4 Å². The lowest BCUT2D eigenvalue weighted by molar-refractivity contribution is -0.168. The molecular weight excluding hydrogens is 537 g/mol. The number of pyridine rings is 1. The molecule has 4 atom stereocenters. The molecule has 5 rings (SSSR count). The summed E-state index contributed by atoms with van der Waals surface area (Å²) >= 11 is 0. The van der Waals surface area contributed by atoms with Gasteiger partial charge in [0.25, 0.3) is 0 Å². The lowest BCUT2D eigenvalue weighted by Crippen LogP contribution is -2.58. The van der Waals surface area contributed by atoms with E-state index in [1.807, 2.05) is 24.1 Å². The van der Waals surface area contributed by atoms with Crippen LogP contribution in [-0.2, 0) is 14.3 Å². The molecule has 2 unspecified atom stereocenters. The highest BCUT2D eigenvalue weighted by molar-refractivity contribution is 5.91. The molecule has 4 N–H and O–H groups in total. The number of aliphatic hydroxyl groups is 1. The van der Waals surface area contributed by atoms with Crippen LogP contribution in [0.15, 0.2) is 42.0 Å². The van der Waals surface area contributed by atoms with E-state index in [0.29, 0.717) is 43.4 Å². The molecule has 218 valence electrons. The highest BCUT2D eigenvalue weighted by atomic mass is 19.4. The zero-order chi connectivity index (χ0) is 28.7. The van der Waals surface area contributed by atoms with Crippen LogP contribution >= 0.6 is 0 Å². The smallest absolute Gasteiger partial charge is 0.410 e. The molecule has 0 spiro atoms. The highest BCUT2D eigenvalue weighted by Gasteiger charge is 2.44. The lowest BCUT2D eigenvalue weighted by atomic mass is 10.1. The molecule has 15 heteroatoms. The van der Waals surface area contributed by atoms with Crippen LogP contribution in [0.25, 0.3) is 0 Å². The third-order valence-electron chi connectivity index (χ3n) is 6.96. The molecule has 0 radical (unpaired) electrons. The summed E-state index contributed by atoms with van der Waals surface area (Å²) in [5.74, 6) is -0.674. The van der Waals surface area contributed by atoms with Gasteiger partial charge in [-0.2, -0.15) is 13.2 Å². The molecule has 0 saturated carbocycles. The number of urea groups is 1. The van der Waals surface area contributed by atoms with E-state index >= 15 is 0 Å². The van der Waals surface area contributed by atoms with E-state index < -0.39 is 42.6 Å². The number of dihydropyridines is 1. The average molecular weight is 569 g/mol. The van der Waals surface area contributed by atoms with Crippen LogP contribution in [0.5, 0.6) is 5.75 Å².